The summed E-state index contributed by atoms with van der Waals surface area (Å²) in [4.78, 5) is 0.0551. The van der Waals surface area contributed by atoms with Crippen LogP contribution in [0.2, 0.25) is 0 Å². The predicted molar refractivity (Wildman–Crippen MR) is 91.9 cm³/mol. The molecule has 0 aliphatic carbocycles. The standard InChI is InChI=1S/C18H20FNO4S/c1-12-10-14(19)5-7-17(12)25(21,22)20-18(2,3)13-4-6-15-16(11-13)24-9-8-23-15/h4-7,10-11,20H,8-9H2,1-3H3. The summed E-state index contributed by atoms with van der Waals surface area (Å²) in [5.41, 5.74) is 0.195. The van der Waals surface area contributed by atoms with Crippen molar-refractivity contribution in [1.82, 2.24) is 4.72 Å². The van der Waals surface area contributed by atoms with Gasteiger partial charge in [-0.1, -0.05) is 6.07 Å². The number of ether oxygens (including phenoxy) is 2. The van der Waals surface area contributed by atoms with Gasteiger partial charge in [0.1, 0.15) is 19.0 Å². The van der Waals surface area contributed by atoms with E-state index in [0.29, 0.717) is 30.3 Å². The Bertz CT molecular complexity index is 909. The molecular weight excluding hydrogens is 345 g/mol. The van der Waals surface area contributed by atoms with E-state index >= 15 is 0 Å². The number of sulfonamides is 1. The Morgan fingerprint density at radius 1 is 1.04 bits per heavy atom. The molecule has 0 unspecified atom stereocenters. The van der Waals surface area contributed by atoms with Crippen molar-refractivity contribution in [2.24, 2.45) is 0 Å². The quantitative estimate of drug-likeness (QED) is 0.904. The molecule has 0 spiro atoms. The second-order valence-electron chi connectivity index (χ2n) is 6.50. The molecule has 134 valence electrons. The van der Waals surface area contributed by atoms with E-state index in [9.17, 15) is 12.8 Å². The van der Waals surface area contributed by atoms with Crippen molar-refractivity contribution < 1.29 is 22.3 Å². The van der Waals surface area contributed by atoms with Crippen molar-refractivity contribution >= 4 is 10.0 Å². The molecule has 0 fully saturated rings. The van der Waals surface area contributed by atoms with Crippen LogP contribution in [0.5, 0.6) is 11.5 Å². The molecule has 3 rings (SSSR count). The summed E-state index contributed by atoms with van der Waals surface area (Å²) in [6.45, 7) is 6.03. The Labute approximate surface area is 146 Å². The summed E-state index contributed by atoms with van der Waals surface area (Å²) < 4.78 is 52.5. The summed E-state index contributed by atoms with van der Waals surface area (Å²) in [5.74, 6) is 0.763. The van der Waals surface area contributed by atoms with Crippen LogP contribution in [-0.4, -0.2) is 21.6 Å². The first kappa shape index (κ1) is 17.7. The molecule has 2 aromatic rings. The van der Waals surface area contributed by atoms with Crippen molar-refractivity contribution in [3.05, 3.63) is 53.3 Å². The normalized spacial score (nSPS) is 14.4. The lowest BCUT2D eigenvalue weighted by molar-refractivity contribution is 0.171. The van der Waals surface area contributed by atoms with E-state index in [2.05, 4.69) is 4.72 Å². The molecular formula is C18H20FNO4S. The van der Waals surface area contributed by atoms with Gasteiger partial charge in [-0.2, -0.15) is 0 Å². The molecule has 7 heteroatoms. The van der Waals surface area contributed by atoms with Gasteiger partial charge in [-0.15, -0.1) is 0 Å². The fraction of sp³-hybridized carbons (Fsp3) is 0.333. The lowest BCUT2D eigenvalue weighted by Crippen LogP contribution is -2.41. The van der Waals surface area contributed by atoms with Gasteiger partial charge in [0, 0.05) is 0 Å². The Morgan fingerprint density at radius 3 is 2.40 bits per heavy atom. The van der Waals surface area contributed by atoms with Crippen molar-refractivity contribution in [1.29, 1.82) is 0 Å². The van der Waals surface area contributed by atoms with Crippen molar-refractivity contribution in [3.63, 3.8) is 0 Å². The number of fused-ring (bicyclic) bond motifs is 1. The number of rotatable bonds is 4. The zero-order valence-corrected chi connectivity index (χ0v) is 15.1. The van der Waals surface area contributed by atoms with E-state index in [1.165, 1.54) is 12.1 Å². The topological polar surface area (TPSA) is 64.6 Å². The second-order valence-corrected chi connectivity index (χ2v) is 8.15. The van der Waals surface area contributed by atoms with Gasteiger partial charge in [-0.05, 0) is 62.2 Å². The molecule has 1 heterocycles. The first-order chi connectivity index (χ1) is 11.7. The van der Waals surface area contributed by atoms with Crippen molar-refractivity contribution in [2.45, 2.75) is 31.2 Å². The molecule has 0 bridgehead atoms. The smallest absolute Gasteiger partial charge is 0.241 e. The van der Waals surface area contributed by atoms with Crippen LogP contribution in [0.3, 0.4) is 0 Å². The van der Waals surface area contributed by atoms with Gasteiger partial charge in [-0.3, -0.25) is 0 Å². The molecule has 1 N–H and O–H groups in total. The molecule has 1 aliphatic heterocycles. The highest BCUT2D eigenvalue weighted by atomic mass is 32.2. The molecule has 2 aromatic carbocycles. The highest BCUT2D eigenvalue weighted by Gasteiger charge is 2.30. The van der Waals surface area contributed by atoms with Gasteiger partial charge in [0.2, 0.25) is 10.0 Å². The molecule has 25 heavy (non-hydrogen) atoms. The van der Waals surface area contributed by atoms with Crippen LogP contribution in [0.15, 0.2) is 41.3 Å². The minimum absolute atomic E-state index is 0.0551. The van der Waals surface area contributed by atoms with Gasteiger partial charge in [0.15, 0.2) is 11.5 Å². The largest absolute Gasteiger partial charge is 0.486 e. The lowest BCUT2D eigenvalue weighted by Gasteiger charge is -2.28. The zero-order chi connectivity index (χ0) is 18.2. The monoisotopic (exact) mass is 365 g/mol. The third-order valence-electron chi connectivity index (χ3n) is 4.08. The van der Waals surface area contributed by atoms with Crippen LogP contribution >= 0.6 is 0 Å². The second kappa shape index (κ2) is 6.31. The third kappa shape index (κ3) is 3.62. The van der Waals surface area contributed by atoms with Crippen molar-refractivity contribution in [3.8, 4) is 11.5 Å². The van der Waals surface area contributed by atoms with Crippen LogP contribution < -0.4 is 14.2 Å². The van der Waals surface area contributed by atoms with Crippen LogP contribution in [0, 0.1) is 12.7 Å². The predicted octanol–water partition coefficient (Wildman–Crippen LogP) is 3.12. The lowest BCUT2D eigenvalue weighted by atomic mass is 9.95. The molecule has 0 aromatic heterocycles. The maximum absolute atomic E-state index is 13.3. The molecule has 1 aliphatic rings. The Hall–Kier alpha value is -2.12. The molecule has 0 radical (unpaired) electrons. The summed E-state index contributed by atoms with van der Waals surface area (Å²) in [6, 6.07) is 8.95. The van der Waals surface area contributed by atoms with Crippen LogP contribution in [0.4, 0.5) is 4.39 Å². The molecule has 0 atom stereocenters. The van der Waals surface area contributed by atoms with Crippen LogP contribution in [-0.2, 0) is 15.6 Å². The van der Waals surface area contributed by atoms with E-state index in [0.717, 1.165) is 11.6 Å². The van der Waals surface area contributed by atoms with E-state index in [-0.39, 0.29) is 4.90 Å². The number of nitrogens with one attached hydrogen (secondary N) is 1. The maximum atomic E-state index is 13.3. The summed E-state index contributed by atoms with van der Waals surface area (Å²) in [6.07, 6.45) is 0. The van der Waals surface area contributed by atoms with Gasteiger partial charge in [-0.25, -0.2) is 17.5 Å². The summed E-state index contributed by atoms with van der Waals surface area (Å²) in [5, 5.41) is 0. The molecule has 0 amide bonds. The van der Waals surface area contributed by atoms with Gasteiger partial charge >= 0.3 is 0 Å². The van der Waals surface area contributed by atoms with E-state index in [1.807, 2.05) is 0 Å². The highest BCUT2D eigenvalue weighted by molar-refractivity contribution is 7.89. The number of aryl methyl sites for hydroxylation is 1. The van der Waals surface area contributed by atoms with Gasteiger partial charge in [0.25, 0.3) is 0 Å². The number of halogens is 1. The molecule has 0 saturated carbocycles. The number of benzene rings is 2. The average Bonchev–Trinajstić information content (AvgIpc) is 2.53. The van der Waals surface area contributed by atoms with Gasteiger partial charge in [0.05, 0.1) is 10.4 Å². The summed E-state index contributed by atoms with van der Waals surface area (Å²) in [7, 11) is -3.82. The highest BCUT2D eigenvalue weighted by Crippen LogP contribution is 2.35. The average molecular weight is 365 g/mol. The number of hydrogen-bond acceptors (Lipinski definition) is 4. The Balaban J connectivity index is 1.92. The number of hydrogen-bond donors (Lipinski definition) is 1. The first-order valence-corrected chi connectivity index (χ1v) is 9.38. The fourth-order valence-corrected chi connectivity index (χ4v) is 4.43. The zero-order valence-electron chi connectivity index (χ0n) is 14.3. The molecule has 0 saturated heterocycles. The van der Waals surface area contributed by atoms with E-state index in [1.54, 1.807) is 39.0 Å². The fourth-order valence-electron chi connectivity index (χ4n) is 2.80. The van der Waals surface area contributed by atoms with Gasteiger partial charge < -0.3 is 9.47 Å². The van der Waals surface area contributed by atoms with E-state index in [4.69, 9.17) is 9.47 Å². The first-order valence-electron chi connectivity index (χ1n) is 7.89. The Morgan fingerprint density at radius 2 is 1.72 bits per heavy atom. The van der Waals surface area contributed by atoms with Crippen LogP contribution in [0.25, 0.3) is 0 Å². The third-order valence-corrected chi connectivity index (χ3v) is 5.90. The maximum Gasteiger partial charge on any atom is 0.241 e. The SMILES string of the molecule is Cc1cc(F)ccc1S(=O)(=O)NC(C)(C)c1ccc2c(c1)OCCO2. The minimum atomic E-state index is -3.82. The van der Waals surface area contributed by atoms with Crippen molar-refractivity contribution in [2.75, 3.05) is 13.2 Å². The van der Waals surface area contributed by atoms with E-state index < -0.39 is 21.4 Å². The Kier molecular flexibility index (Phi) is 4.47. The minimum Gasteiger partial charge on any atom is -0.486 e. The molecule has 5 nitrogen and oxygen atoms in total. The van der Waals surface area contributed by atoms with Crippen LogP contribution in [0.1, 0.15) is 25.0 Å². The summed E-state index contributed by atoms with van der Waals surface area (Å²) >= 11 is 0.